The summed E-state index contributed by atoms with van der Waals surface area (Å²) in [6, 6.07) is 5.68. The topological polar surface area (TPSA) is 47.7 Å². The lowest BCUT2D eigenvalue weighted by atomic mass is 10.2. The maximum atomic E-state index is 5.57. The Morgan fingerprint density at radius 3 is 2.50 bits per heavy atom. The summed E-state index contributed by atoms with van der Waals surface area (Å²) in [5.74, 6) is 7.14. The third-order valence-corrected chi connectivity index (χ3v) is 1.91. The van der Waals surface area contributed by atoms with Crippen LogP contribution in [0.2, 0.25) is 0 Å². The number of rotatable bonds is 4. The van der Waals surface area contributed by atoms with Crippen molar-refractivity contribution in [2.24, 2.45) is 5.84 Å². The van der Waals surface area contributed by atoms with Crippen LogP contribution < -0.4 is 15.3 Å². The second-order valence-electron chi connectivity index (χ2n) is 3.09. The van der Waals surface area contributed by atoms with Crippen LogP contribution in [0.4, 0.5) is 0 Å². The number of methoxy groups -OCH3 is 2. The van der Waals surface area contributed by atoms with Gasteiger partial charge < -0.3 is 9.47 Å². The average molecular weight is 196 g/mol. The van der Waals surface area contributed by atoms with E-state index in [1.54, 1.807) is 19.2 Å². The van der Waals surface area contributed by atoms with E-state index in [4.69, 9.17) is 15.3 Å². The SMILES string of the molecule is COc1ccc(CN(C)N)c(OC)c1. The van der Waals surface area contributed by atoms with Crippen LogP contribution in [0.15, 0.2) is 18.2 Å². The quantitative estimate of drug-likeness (QED) is 0.576. The Hall–Kier alpha value is -1.26. The van der Waals surface area contributed by atoms with Crippen LogP contribution in [0, 0.1) is 0 Å². The first-order valence-electron chi connectivity index (χ1n) is 4.34. The Bertz CT molecular complexity index is 300. The summed E-state index contributed by atoms with van der Waals surface area (Å²) in [4.78, 5) is 0. The predicted molar refractivity (Wildman–Crippen MR) is 55.2 cm³/mol. The van der Waals surface area contributed by atoms with E-state index in [0.717, 1.165) is 17.1 Å². The number of benzene rings is 1. The Kier molecular flexibility index (Phi) is 3.73. The molecule has 0 radical (unpaired) electrons. The standard InChI is InChI=1S/C10H16N2O2/c1-12(11)7-8-4-5-9(13-2)6-10(8)14-3/h4-6H,7,11H2,1-3H3. The fraction of sp³-hybridized carbons (Fsp3) is 0.400. The van der Waals surface area contributed by atoms with Gasteiger partial charge in [0.05, 0.1) is 14.2 Å². The molecule has 0 amide bonds. The first-order valence-corrected chi connectivity index (χ1v) is 4.34. The van der Waals surface area contributed by atoms with Gasteiger partial charge in [-0.05, 0) is 6.07 Å². The lowest BCUT2D eigenvalue weighted by molar-refractivity contribution is 0.328. The summed E-state index contributed by atoms with van der Waals surface area (Å²) in [5.41, 5.74) is 1.04. The normalized spacial score (nSPS) is 10.4. The minimum atomic E-state index is 0.646. The van der Waals surface area contributed by atoms with E-state index in [9.17, 15) is 0 Å². The molecule has 78 valence electrons. The van der Waals surface area contributed by atoms with Crippen LogP contribution in [0.3, 0.4) is 0 Å². The fourth-order valence-corrected chi connectivity index (χ4v) is 1.25. The zero-order valence-electron chi connectivity index (χ0n) is 8.78. The highest BCUT2D eigenvalue weighted by Crippen LogP contribution is 2.24. The van der Waals surface area contributed by atoms with Gasteiger partial charge in [0.2, 0.25) is 0 Å². The molecule has 0 heterocycles. The van der Waals surface area contributed by atoms with E-state index >= 15 is 0 Å². The molecule has 0 aliphatic rings. The van der Waals surface area contributed by atoms with Gasteiger partial charge in [0.15, 0.2) is 0 Å². The van der Waals surface area contributed by atoms with Crippen LogP contribution in [0.25, 0.3) is 0 Å². The van der Waals surface area contributed by atoms with E-state index < -0.39 is 0 Å². The molecule has 0 aromatic heterocycles. The molecule has 4 heteroatoms. The fourth-order valence-electron chi connectivity index (χ4n) is 1.25. The molecule has 2 N–H and O–H groups in total. The number of ether oxygens (including phenoxy) is 2. The summed E-state index contributed by atoms with van der Waals surface area (Å²) in [6.45, 7) is 0.646. The van der Waals surface area contributed by atoms with E-state index in [1.165, 1.54) is 0 Å². The highest BCUT2D eigenvalue weighted by Gasteiger charge is 2.05. The van der Waals surface area contributed by atoms with Gasteiger partial charge in [-0.1, -0.05) is 6.07 Å². The van der Waals surface area contributed by atoms with Crippen molar-refractivity contribution in [3.8, 4) is 11.5 Å². The summed E-state index contributed by atoms with van der Waals surface area (Å²) in [7, 11) is 5.07. The molecule has 0 spiro atoms. The van der Waals surface area contributed by atoms with Gasteiger partial charge in [-0.3, -0.25) is 5.84 Å². The van der Waals surface area contributed by atoms with Crippen molar-refractivity contribution in [3.63, 3.8) is 0 Å². The van der Waals surface area contributed by atoms with Crippen molar-refractivity contribution in [3.05, 3.63) is 23.8 Å². The average Bonchev–Trinajstić information content (AvgIpc) is 2.17. The molecule has 1 rings (SSSR count). The molecule has 4 nitrogen and oxygen atoms in total. The number of hydrogen-bond donors (Lipinski definition) is 1. The van der Waals surface area contributed by atoms with Crippen LogP contribution in [-0.2, 0) is 6.54 Å². The Morgan fingerprint density at radius 1 is 1.29 bits per heavy atom. The van der Waals surface area contributed by atoms with E-state index in [2.05, 4.69) is 0 Å². The second-order valence-corrected chi connectivity index (χ2v) is 3.09. The summed E-state index contributed by atoms with van der Waals surface area (Å²) in [6.07, 6.45) is 0. The van der Waals surface area contributed by atoms with Crippen molar-refractivity contribution in [1.29, 1.82) is 0 Å². The van der Waals surface area contributed by atoms with Crippen LogP contribution in [0.1, 0.15) is 5.56 Å². The van der Waals surface area contributed by atoms with Crippen LogP contribution >= 0.6 is 0 Å². The lowest BCUT2D eigenvalue weighted by Crippen LogP contribution is -2.25. The van der Waals surface area contributed by atoms with Gasteiger partial charge in [-0.2, -0.15) is 0 Å². The van der Waals surface area contributed by atoms with E-state index in [1.807, 2.05) is 25.2 Å². The summed E-state index contributed by atoms with van der Waals surface area (Å²) < 4.78 is 10.3. The maximum Gasteiger partial charge on any atom is 0.127 e. The van der Waals surface area contributed by atoms with Crippen molar-refractivity contribution in [2.45, 2.75) is 6.54 Å². The van der Waals surface area contributed by atoms with E-state index in [0.29, 0.717) is 6.54 Å². The first kappa shape index (κ1) is 10.8. The molecule has 0 fully saturated rings. The zero-order chi connectivity index (χ0) is 10.6. The summed E-state index contributed by atoms with van der Waals surface area (Å²) >= 11 is 0. The van der Waals surface area contributed by atoms with Crippen molar-refractivity contribution >= 4 is 0 Å². The highest BCUT2D eigenvalue weighted by atomic mass is 16.5. The second kappa shape index (κ2) is 4.83. The number of nitrogens with zero attached hydrogens (tertiary/aromatic N) is 1. The molecule has 1 aromatic rings. The number of nitrogens with two attached hydrogens (primary N) is 1. The maximum absolute atomic E-state index is 5.57. The van der Waals surface area contributed by atoms with Gasteiger partial charge in [-0.25, -0.2) is 5.01 Å². The van der Waals surface area contributed by atoms with Crippen molar-refractivity contribution in [2.75, 3.05) is 21.3 Å². The van der Waals surface area contributed by atoms with Crippen LogP contribution in [-0.4, -0.2) is 26.3 Å². The minimum absolute atomic E-state index is 0.646. The smallest absolute Gasteiger partial charge is 0.127 e. The van der Waals surface area contributed by atoms with E-state index in [-0.39, 0.29) is 0 Å². The third kappa shape index (κ3) is 2.61. The molecular weight excluding hydrogens is 180 g/mol. The van der Waals surface area contributed by atoms with Gasteiger partial charge in [0.1, 0.15) is 11.5 Å². The molecule has 14 heavy (non-hydrogen) atoms. The van der Waals surface area contributed by atoms with Crippen molar-refractivity contribution < 1.29 is 9.47 Å². The molecule has 0 unspecified atom stereocenters. The molecular formula is C10H16N2O2. The molecule has 0 aliphatic heterocycles. The monoisotopic (exact) mass is 196 g/mol. The summed E-state index contributed by atoms with van der Waals surface area (Å²) in [5, 5.41) is 1.60. The number of hydrogen-bond acceptors (Lipinski definition) is 4. The molecule has 0 atom stereocenters. The lowest BCUT2D eigenvalue weighted by Gasteiger charge is -2.13. The Balaban J connectivity index is 2.93. The third-order valence-electron chi connectivity index (χ3n) is 1.91. The van der Waals surface area contributed by atoms with Gasteiger partial charge in [0, 0.05) is 25.2 Å². The van der Waals surface area contributed by atoms with Crippen LogP contribution in [0.5, 0.6) is 11.5 Å². The zero-order valence-corrected chi connectivity index (χ0v) is 8.78. The minimum Gasteiger partial charge on any atom is -0.497 e. The number of hydrazine groups is 1. The molecule has 1 aromatic carbocycles. The molecule has 0 bridgehead atoms. The first-order chi connectivity index (χ1) is 6.67. The predicted octanol–water partition coefficient (Wildman–Crippen LogP) is 1.01. The Labute approximate surface area is 84.2 Å². The Morgan fingerprint density at radius 2 is 2.00 bits per heavy atom. The van der Waals surface area contributed by atoms with Gasteiger partial charge in [-0.15, -0.1) is 0 Å². The molecule has 0 saturated carbocycles. The van der Waals surface area contributed by atoms with Crippen molar-refractivity contribution in [1.82, 2.24) is 5.01 Å². The largest absolute Gasteiger partial charge is 0.497 e. The molecule has 0 aliphatic carbocycles. The van der Waals surface area contributed by atoms with Gasteiger partial charge in [0.25, 0.3) is 0 Å². The molecule has 0 saturated heterocycles. The van der Waals surface area contributed by atoms with Gasteiger partial charge >= 0.3 is 0 Å². The highest BCUT2D eigenvalue weighted by molar-refractivity contribution is 5.40.